The zero-order valence-corrected chi connectivity index (χ0v) is 16.3. The Morgan fingerprint density at radius 3 is 2.45 bits per heavy atom. The number of rotatable bonds is 6. The van der Waals surface area contributed by atoms with Gasteiger partial charge in [-0.15, -0.1) is 0 Å². The molecule has 0 spiro atoms. The standard InChI is InChI=1S/C22H19FN2O3S/c23-17-8-6-7-16(13-17)21(26)14-25-20-12-5-4-11-19(20)24-22(25)15-29(27,28)18-9-2-1-3-10-18/h1-13,21,26H,14-15H2. The number of hydrogen-bond acceptors (Lipinski definition) is 4. The molecule has 1 N–H and O–H groups in total. The topological polar surface area (TPSA) is 72.2 Å². The Hall–Kier alpha value is -3.03. The number of aromatic nitrogens is 2. The minimum absolute atomic E-state index is 0.0591. The van der Waals surface area contributed by atoms with Crippen LogP contribution in [0.25, 0.3) is 11.0 Å². The summed E-state index contributed by atoms with van der Waals surface area (Å²) in [6.45, 7) is 0.0591. The second-order valence-electron chi connectivity index (χ2n) is 6.77. The van der Waals surface area contributed by atoms with Crippen molar-refractivity contribution in [3.63, 3.8) is 0 Å². The van der Waals surface area contributed by atoms with Crippen LogP contribution in [0, 0.1) is 5.82 Å². The Labute approximate surface area is 168 Å². The molecule has 5 nitrogen and oxygen atoms in total. The maximum Gasteiger partial charge on any atom is 0.185 e. The summed E-state index contributed by atoms with van der Waals surface area (Å²) in [5.41, 5.74) is 1.76. The molecule has 0 aliphatic carbocycles. The average Bonchev–Trinajstić information content (AvgIpc) is 3.05. The first kappa shape index (κ1) is 19.3. The van der Waals surface area contributed by atoms with Gasteiger partial charge in [0.25, 0.3) is 0 Å². The number of fused-ring (bicyclic) bond motifs is 1. The molecule has 0 saturated heterocycles. The minimum atomic E-state index is -3.62. The largest absolute Gasteiger partial charge is 0.387 e. The first-order valence-corrected chi connectivity index (χ1v) is 10.7. The predicted octanol–water partition coefficient (Wildman–Crippen LogP) is 3.88. The Balaban J connectivity index is 1.73. The lowest BCUT2D eigenvalue weighted by Crippen LogP contribution is -2.15. The molecule has 0 amide bonds. The fourth-order valence-corrected chi connectivity index (χ4v) is 4.61. The molecule has 0 aliphatic heterocycles. The maximum absolute atomic E-state index is 13.5. The summed E-state index contributed by atoms with van der Waals surface area (Å²) >= 11 is 0. The zero-order valence-electron chi connectivity index (χ0n) is 15.4. The van der Waals surface area contributed by atoms with Crippen LogP contribution in [0.4, 0.5) is 4.39 Å². The van der Waals surface area contributed by atoms with Crippen LogP contribution in [-0.2, 0) is 22.1 Å². The van der Waals surface area contributed by atoms with E-state index < -0.39 is 21.8 Å². The highest BCUT2D eigenvalue weighted by Crippen LogP contribution is 2.24. The fraction of sp³-hybridized carbons (Fsp3) is 0.136. The van der Waals surface area contributed by atoms with E-state index in [1.807, 2.05) is 18.2 Å². The third kappa shape index (κ3) is 4.06. The number of benzene rings is 3. The van der Waals surface area contributed by atoms with Crippen molar-refractivity contribution < 1.29 is 17.9 Å². The lowest BCUT2D eigenvalue weighted by atomic mass is 10.1. The molecule has 0 aliphatic rings. The van der Waals surface area contributed by atoms with Crippen LogP contribution in [0.15, 0.2) is 83.8 Å². The van der Waals surface area contributed by atoms with Crippen molar-refractivity contribution in [2.75, 3.05) is 0 Å². The number of aliphatic hydroxyl groups is 1. The number of nitrogens with zero attached hydrogens (tertiary/aromatic N) is 2. The van der Waals surface area contributed by atoms with Crippen LogP contribution in [0.5, 0.6) is 0 Å². The number of aliphatic hydroxyl groups excluding tert-OH is 1. The highest BCUT2D eigenvalue weighted by atomic mass is 32.2. The van der Waals surface area contributed by atoms with E-state index in [0.717, 1.165) is 0 Å². The van der Waals surface area contributed by atoms with Crippen LogP contribution in [0.3, 0.4) is 0 Å². The molecule has 7 heteroatoms. The molecule has 29 heavy (non-hydrogen) atoms. The van der Waals surface area contributed by atoms with E-state index in [2.05, 4.69) is 4.98 Å². The van der Waals surface area contributed by atoms with Crippen LogP contribution in [0.2, 0.25) is 0 Å². The quantitative estimate of drug-likeness (QED) is 0.524. The smallest absolute Gasteiger partial charge is 0.185 e. The van der Waals surface area contributed by atoms with Crippen molar-refractivity contribution in [3.8, 4) is 0 Å². The van der Waals surface area contributed by atoms with E-state index in [1.165, 1.54) is 18.2 Å². The van der Waals surface area contributed by atoms with Crippen LogP contribution >= 0.6 is 0 Å². The summed E-state index contributed by atoms with van der Waals surface area (Å²) in [4.78, 5) is 4.70. The van der Waals surface area contributed by atoms with Crippen molar-refractivity contribution >= 4 is 20.9 Å². The van der Waals surface area contributed by atoms with Crippen molar-refractivity contribution in [1.82, 2.24) is 9.55 Å². The highest BCUT2D eigenvalue weighted by molar-refractivity contribution is 7.90. The number of halogens is 1. The van der Waals surface area contributed by atoms with Crippen molar-refractivity contribution in [2.45, 2.75) is 23.3 Å². The SMILES string of the molecule is O=S(=O)(Cc1nc2ccccc2n1CC(O)c1cccc(F)c1)c1ccccc1. The summed E-state index contributed by atoms with van der Waals surface area (Å²) in [7, 11) is -3.62. The van der Waals surface area contributed by atoms with Gasteiger partial charge in [-0.3, -0.25) is 0 Å². The summed E-state index contributed by atoms with van der Waals surface area (Å²) in [6.07, 6.45) is -1.01. The summed E-state index contributed by atoms with van der Waals surface area (Å²) < 4.78 is 41.0. The van der Waals surface area contributed by atoms with Gasteiger partial charge in [-0.1, -0.05) is 42.5 Å². The van der Waals surface area contributed by atoms with Gasteiger partial charge in [0.05, 0.1) is 28.6 Å². The molecule has 1 atom stereocenters. The summed E-state index contributed by atoms with van der Waals surface area (Å²) in [5.74, 6) is -0.420. The van der Waals surface area contributed by atoms with Gasteiger partial charge in [0.15, 0.2) is 9.84 Å². The molecule has 1 heterocycles. The van der Waals surface area contributed by atoms with Gasteiger partial charge in [0.1, 0.15) is 17.4 Å². The second kappa shape index (κ2) is 7.77. The monoisotopic (exact) mass is 410 g/mol. The normalized spacial score (nSPS) is 12.9. The van der Waals surface area contributed by atoms with Gasteiger partial charge in [0, 0.05) is 0 Å². The Bertz CT molecular complexity index is 1250. The predicted molar refractivity (Wildman–Crippen MR) is 108 cm³/mol. The molecule has 3 aromatic carbocycles. The van der Waals surface area contributed by atoms with Crippen LogP contribution in [-0.4, -0.2) is 23.1 Å². The number of imidazole rings is 1. The third-order valence-electron chi connectivity index (χ3n) is 4.74. The van der Waals surface area contributed by atoms with E-state index >= 15 is 0 Å². The van der Waals surface area contributed by atoms with Crippen LogP contribution < -0.4 is 0 Å². The van der Waals surface area contributed by atoms with Crippen molar-refractivity contribution in [2.24, 2.45) is 0 Å². The molecule has 0 radical (unpaired) electrons. The summed E-state index contributed by atoms with van der Waals surface area (Å²) in [6, 6.07) is 21.2. The Kier molecular flexibility index (Phi) is 5.17. The molecule has 1 aromatic heterocycles. The number of sulfone groups is 1. The first-order valence-electron chi connectivity index (χ1n) is 9.09. The number of para-hydroxylation sites is 2. The molecular weight excluding hydrogens is 391 g/mol. The molecule has 1 unspecified atom stereocenters. The van der Waals surface area contributed by atoms with E-state index in [9.17, 15) is 17.9 Å². The van der Waals surface area contributed by atoms with E-state index in [1.54, 1.807) is 47.0 Å². The lowest BCUT2D eigenvalue weighted by molar-refractivity contribution is 0.156. The Morgan fingerprint density at radius 1 is 0.966 bits per heavy atom. The van der Waals surface area contributed by atoms with Gasteiger partial charge in [-0.05, 0) is 42.0 Å². The van der Waals surface area contributed by atoms with Gasteiger partial charge >= 0.3 is 0 Å². The summed E-state index contributed by atoms with van der Waals surface area (Å²) in [5, 5.41) is 10.7. The molecule has 0 saturated carbocycles. The molecule has 0 bridgehead atoms. The highest BCUT2D eigenvalue weighted by Gasteiger charge is 2.22. The maximum atomic E-state index is 13.5. The fourth-order valence-electron chi connectivity index (χ4n) is 3.31. The zero-order chi connectivity index (χ0) is 20.4. The third-order valence-corrected chi connectivity index (χ3v) is 6.37. The molecule has 4 aromatic rings. The lowest BCUT2D eigenvalue weighted by Gasteiger charge is -2.15. The van der Waals surface area contributed by atoms with Crippen LogP contribution in [0.1, 0.15) is 17.5 Å². The average molecular weight is 410 g/mol. The van der Waals surface area contributed by atoms with Gasteiger partial charge in [-0.2, -0.15) is 0 Å². The van der Waals surface area contributed by atoms with Crippen molar-refractivity contribution in [3.05, 3.63) is 96.1 Å². The first-order chi connectivity index (χ1) is 13.9. The van der Waals surface area contributed by atoms with Crippen molar-refractivity contribution in [1.29, 1.82) is 0 Å². The Morgan fingerprint density at radius 2 is 1.69 bits per heavy atom. The van der Waals surface area contributed by atoms with Gasteiger partial charge in [0.2, 0.25) is 0 Å². The van der Waals surface area contributed by atoms with E-state index in [-0.39, 0.29) is 17.2 Å². The minimum Gasteiger partial charge on any atom is -0.387 e. The molecular formula is C22H19FN2O3S. The molecule has 4 rings (SSSR count). The van der Waals surface area contributed by atoms with E-state index in [0.29, 0.717) is 22.4 Å². The van der Waals surface area contributed by atoms with Gasteiger partial charge in [-0.25, -0.2) is 17.8 Å². The molecule has 148 valence electrons. The van der Waals surface area contributed by atoms with Gasteiger partial charge < -0.3 is 9.67 Å². The molecule has 0 fully saturated rings. The second-order valence-corrected chi connectivity index (χ2v) is 8.76. The number of hydrogen-bond donors (Lipinski definition) is 1. The van der Waals surface area contributed by atoms with E-state index in [4.69, 9.17) is 0 Å².